The molecule has 3 aromatic rings. The van der Waals surface area contributed by atoms with E-state index in [-0.39, 0.29) is 12.0 Å². The minimum Gasteiger partial charge on any atom is -0.444 e. The summed E-state index contributed by atoms with van der Waals surface area (Å²) in [6, 6.07) is 11.2. The fourth-order valence-corrected chi connectivity index (χ4v) is 4.64. The van der Waals surface area contributed by atoms with Gasteiger partial charge in [-0.2, -0.15) is 0 Å². The first-order valence-electron chi connectivity index (χ1n) is 13.5. The van der Waals surface area contributed by atoms with E-state index in [0.29, 0.717) is 56.5 Å². The monoisotopic (exact) mass is 545 g/mol. The Bertz CT molecular complexity index is 1330. The number of hydrogen-bond acceptors (Lipinski definition) is 9. The third kappa shape index (κ3) is 6.66. The van der Waals surface area contributed by atoms with E-state index in [1.807, 2.05) is 51.1 Å². The van der Waals surface area contributed by atoms with Crippen molar-refractivity contribution in [2.45, 2.75) is 26.4 Å². The van der Waals surface area contributed by atoms with Gasteiger partial charge in [0.05, 0.1) is 36.5 Å². The van der Waals surface area contributed by atoms with Crippen LogP contribution in [0.5, 0.6) is 0 Å². The van der Waals surface area contributed by atoms with Gasteiger partial charge >= 0.3 is 6.09 Å². The molecule has 2 fully saturated rings. The highest BCUT2D eigenvalue weighted by molar-refractivity contribution is 6.04. The lowest BCUT2D eigenvalue weighted by Gasteiger charge is -2.37. The van der Waals surface area contributed by atoms with Crippen molar-refractivity contribution in [3.8, 4) is 11.3 Å². The van der Waals surface area contributed by atoms with Gasteiger partial charge in [-0.25, -0.2) is 14.8 Å². The molecular weight excluding hydrogens is 510 g/mol. The van der Waals surface area contributed by atoms with Gasteiger partial charge in [0.25, 0.3) is 5.91 Å². The molecule has 2 saturated heterocycles. The number of carbonyl (C=O) groups is 2. The van der Waals surface area contributed by atoms with Crippen LogP contribution in [-0.4, -0.2) is 89.9 Å². The summed E-state index contributed by atoms with van der Waals surface area (Å²) in [5, 5.41) is 2.98. The molecule has 1 N–H and O–H groups in total. The van der Waals surface area contributed by atoms with E-state index in [4.69, 9.17) is 9.47 Å². The molecule has 0 aliphatic carbocycles. The zero-order valence-corrected chi connectivity index (χ0v) is 23.2. The van der Waals surface area contributed by atoms with E-state index in [2.05, 4.69) is 30.1 Å². The highest BCUT2D eigenvalue weighted by Gasteiger charge is 2.27. The average Bonchev–Trinajstić information content (AvgIpc) is 2.97. The van der Waals surface area contributed by atoms with Crippen LogP contribution in [0.1, 0.15) is 31.3 Å². The van der Waals surface area contributed by atoms with Crippen molar-refractivity contribution < 1.29 is 19.1 Å². The lowest BCUT2D eigenvalue weighted by atomic mass is 10.1. The zero-order valence-electron chi connectivity index (χ0n) is 23.2. The Balaban J connectivity index is 1.24. The molecule has 11 heteroatoms. The van der Waals surface area contributed by atoms with Gasteiger partial charge in [-0.3, -0.25) is 9.78 Å². The standard InChI is InChI=1S/C29H35N7O4/c1-29(2,3)40-28(38)36-13-11-34(12-14-36)25-9-10-30-20-24(25)33-27(37)23-6-4-5-22(32-23)21-7-8-26(31-19-21)35-15-17-39-18-16-35/h4-10,19-20H,11-18H2,1-3H3,(H,33,37). The summed E-state index contributed by atoms with van der Waals surface area (Å²) in [4.78, 5) is 45.1. The van der Waals surface area contributed by atoms with E-state index in [0.717, 1.165) is 30.2 Å². The molecular formula is C29H35N7O4. The predicted octanol–water partition coefficient (Wildman–Crippen LogP) is 3.68. The molecule has 40 heavy (non-hydrogen) atoms. The first-order chi connectivity index (χ1) is 19.3. The van der Waals surface area contributed by atoms with Crippen molar-refractivity contribution in [2.24, 2.45) is 0 Å². The number of pyridine rings is 3. The van der Waals surface area contributed by atoms with Crippen LogP contribution in [0.25, 0.3) is 11.3 Å². The number of hydrogen-bond donors (Lipinski definition) is 1. The molecule has 0 spiro atoms. The number of aromatic nitrogens is 3. The average molecular weight is 546 g/mol. The maximum absolute atomic E-state index is 13.2. The second-order valence-electron chi connectivity index (χ2n) is 10.7. The number of morpholine rings is 1. The Hall–Kier alpha value is -4.25. The highest BCUT2D eigenvalue weighted by Crippen LogP contribution is 2.27. The molecule has 11 nitrogen and oxygen atoms in total. The summed E-state index contributed by atoms with van der Waals surface area (Å²) in [5.74, 6) is 0.568. The van der Waals surface area contributed by atoms with Gasteiger partial charge < -0.3 is 29.5 Å². The lowest BCUT2D eigenvalue weighted by Crippen LogP contribution is -2.50. The third-order valence-electron chi connectivity index (χ3n) is 6.68. The minimum absolute atomic E-state index is 0.291. The van der Waals surface area contributed by atoms with Crippen LogP contribution in [0.4, 0.5) is 22.0 Å². The normalized spacial score (nSPS) is 16.0. The molecule has 2 amide bonds. The van der Waals surface area contributed by atoms with Crippen LogP contribution in [0.3, 0.4) is 0 Å². The minimum atomic E-state index is -0.537. The fourth-order valence-electron chi connectivity index (χ4n) is 4.64. The number of rotatable bonds is 5. The van der Waals surface area contributed by atoms with Gasteiger partial charge in [0.15, 0.2) is 0 Å². The van der Waals surface area contributed by atoms with Crippen LogP contribution in [0, 0.1) is 0 Å². The zero-order chi connectivity index (χ0) is 28.1. The van der Waals surface area contributed by atoms with Crippen molar-refractivity contribution >= 4 is 29.2 Å². The second-order valence-corrected chi connectivity index (χ2v) is 10.7. The number of amides is 2. The summed E-state index contributed by atoms with van der Waals surface area (Å²) < 4.78 is 10.9. The Kier molecular flexibility index (Phi) is 8.11. The molecule has 2 aliphatic heterocycles. The molecule has 3 aromatic heterocycles. The molecule has 210 valence electrons. The number of ether oxygens (including phenoxy) is 2. The number of piperazine rings is 1. The molecule has 5 rings (SSSR count). The Labute approximate surface area is 234 Å². The third-order valence-corrected chi connectivity index (χ3v) is 6.68. The summed E-state index contributed by atoms with van der Waals surface area (Å²) >= 11 is 0. The molecule has 5 heterocycles. The van der Waals surface area contributed by atoms with Crippen LogP contribution < -0.4 is 15.1 Å². The van der Waals surface area contributed by atoms with Crippen LogP contribution in [0.15, 0.2) is 55.0 Å². The summed E-state index contributed by atoms with van der Waals surface area (Å²) in [5.41, 5.74) is 2.67. The topological polar surface area (TPSA) is 113 Å². The molecule has 2 aliphatic rings. The van der Waals surface area contributed by atoms with Crippen molar-refractivity contribution in [3.63, 3.8) is 0 Å². The molecule has 0 aromatic carbocycles. The largest absolute Gasteiger partial charge is 0.444 e. The summed E-state index contributed by atoms with van der Waals surface area (Å²) in [7, 11) is 0. The van der Waals surface area contributed by atoms with Crippen molar-refractivity contribution in [1.82, 2.24) is 19.9 Å². The second kappa shape index (κ2) is 11.9. The number of carbonyl (C=O) groups excluding carboxylic acids is 2. The first kappa shape index (κ1) is 27.3. The van der Waals surface area contributed by atoms with E-state index in [1.165, 1.54) is 0 Å². The van der Waals surface area contributed by atoms with Crippen molar-refractivity contribution in [3.05, 3.63) is 60.7 Å². The maximum Gasteiger partial charge on any atom is 0.410 e. The van der Waals surface area contributed by atoms with E-state index >= 15 is 0 Å². The van der Waals surface area contributed by atoms with E-state index < -0.39 is 5.60 Å². The number of anilines is 3. The first-order valence-corrected chi connectivity index (χ1v) is 13.5. The van der Waals surface area contributed by atoms with E-state index in [9.17, 15) is 9.59 Å². The van der Waals surface area contributed by atoms with Crippen LogP contribution >= 0.6 is 0 Å². The van der Waals surface area contributed by atoms with Gasteiger partial charge in [0.2, 0.25) is 0 Å². The summed E-state index contributed by atoms with van der Waals surface area (Å²) in [6.07, 6.45) is 4.79. The van der Waals surface area contributed by atoms with Crippen LogP contribution in [0.2, 0.25) is 0 Å². The van der Waals surface area contributed by atoms with Gasteiger partial charge in [-0.15, -0.1) is 0 Å². The molecule has 0 bridgehead atoms. The van der Waals surface area contributed by atoms with Crippen LogP contribution in [-0.2, 0) is 9.47 Å². The maximum atomic E-state index is 13.2. The Morgan fingerprint density at radius 1 is 0.925 bits per heavy atom. The lowest BCUT2D eigenvalue weighted by molar-refractivity contribution is 0.0240. The van der Waals surface area contributed by atoms with Crippen molar-refractivity contribution in [2.75, 3.05) is 67.6 Å². The quantitative estimate of drug-likeness (QED) is 0.513. The van der Waals surface area contributed by atoms with E-state index in [1.54, 1.807) is 29.6 Å². The summed E-state index contributed by atoms with van der Waals surface area (Å²) in [6.45, 7) is 10.8. The molecule has 0 saturated carbocycles. The van der Waals surface area contributed by atoms with Gasteiger partial charge in [0, 0.05) is 57.2 Å². The SMILES string of the molecule is CC(C)(C)OC(=O)N1CCN(c2ccncc2NC(=O)c2cccc(-c3ccc(N4CCOCC4)nc3)n2)CC1. The van der Waals surface area contributed by atoms with Gasteiger partial charge in [-0.05, 0) is 51.1 Å². The molecule has 0 radical (unpaired) electrons. The number of nitrogens with one attached hydrogen (secondary N) is 1. The molecule has 0 atom stereocenters. The Morgan fingerprint density at radius 3 is 2.40 bits per heavy atom. The smallest absolute Gasteiger partial charge is 0.410 e. The van der Waals surface area contributed by atoms with Gasteiger partial charge in [0.1, 0.15) is 17.1 Å². The Morgan fingerprint density at radius 2 is 1.70 bits per heavy atom. The fraction of sp³-hybridized carbons (Fsp3) is 0.414. The highest BCUT2D eigenvalue weighted by atomic mass is 16.6. The van der Waals surface area contributed by atoms with Gasteiger partial charge in [-0.1, -0.05) is 6.07 Å². The van der Waals surface area contributed by atoms with Crippen molar-refractivity contribution in [1.29, 1.82) is 0 Å². The number of nitrogens with zero attached hydrogens (tertiary/aromatic N) is 6. The predicted molar refractivity (Wildman–Crippen MR) is 153 cm³/mol. The molecule has 0 unspecified atom stereocenters.